The molecule has 2 rings (SSSR count). The largest absolute Gasteiger partial charge is 0.353 e. The predicted molar refractivity (Wildman–Crippen MR) is 68.3 cm³/mol. The van der Waals surface area contributed by atoms with Crippen LogP contribution in [0.25, 0.3) is 0 Å². The number of hydrogen-bond donors (Lipinski definition) is 1. The summed E-state index contributed by atoms with van der Waals surface area (Å²) in [4.78, 5) is 10.3. The van der Waals surface area contributed by atoms with E-state index in [0.29, 0.717) is 6.54 Å². The van der Waals surface area contributed by atoms with E-state index in [2.05, 4.69) is 20.2 Å². The van der Waals surface area contributed by atoms with Crippen molar-refractivity contribution in [3.8, 4) is 0 Å². The second-order valence-corrected chi connectivity index (χ2v) is 5.55. The van der Waals surface area contributed by atoms with Gasteiger partial charge in [-0.05, 0) is 11.8 Å². The lowest BCUT2D eigenvalue weighted by molar-refractivity contribution is 0.884. The number of hydrogen-bond acceptors (Lipinski definition) is 8. The Morgan fingerprint density at radius 3 is 2.71 bits per heavy atom. The third-order valence-corrected chi connectivity index (χ3v) is 4.07. The van der Waals surface area contributed by atoms with Crippen LogP contribution in [0.15, 0.2) is 21.8 Å². The molecule has 0 bridgehead atoms. The first kappa shape index (κ1) is 12.2. The maximum atomic E-state index is 5.60. The van der Waals surface area contributed by atoms with Crippen molar-refractivity contribution in [3.63, 3.8) is 0 Å². The van der Waals surface area contributed by atoms with Gasteiger partial charge in [0.25, 0.3) is 0 Å². The molecule has 0 atom stereocenters. The zero-order valence-electron chi connectivity index (χ0n) is 9.49. The number of nitrogens with zero attached hydrogens (tertiary/aromatic N) is 5. The third kappa shape index (κ3) is 2.90. The molecular weight excluding hydrogens is 256 g/mol. The fourth-order valence-corrected chi connectivity index (χ4v) is 2.83. The molecule has 0 aliphatic carbocycles. The van der Waals surface area contributed by atoms with Crippen LogP contribution in [0, 0.1) is 0 Å². The lowest BCUT2D eigenvalue weighted by atomic mass is 10.5. The van der Waals surface area contributed by atoms with Gasteiger partial charge >= 0.3 is 0 Å². The van der Waals surface area contributed by atoms with Crippen molar-refractivity contribution >= 4 is 28.2 Å². The highest BCUT2D eigenvalue weighted by Gasteiger charge is 2.11. The summed E-state index contributed by atoms with van der Waals surface area (Å²) in [6.45, 7) is 0.371. The van der Waals surface area contributed by atoms with Gasteiger partial charge < -0.3 is 10.6 Å². The van der Waals surface area contributed by atoms with Crippen LogP contribution in [0.3, 0.4) is 0 Å². The van der Waals surface area contributed by atoms with E-state index in [0.717, 1.165) is 20.2 Å². The molecule has 2 N–H and O–H groups in total. The number of nitrogens with two attached hydrogens (primary N) is 1. The third-order valence-electron chi connectivity index (χ3n) is 1.89. The first-order valence-electron chi connectivity index (χ1n) is 4.89. The van der Waals surface area contributed by atoms with E-state index in [1.54, 1.807) is 12.4 Å². The zero-order valence-corrected chi connectivity index (χ0v) is 11.1. The van der Waals surface area contributed by atoms with Crippen molar-refractivity contribution in [1.29, 1.82) is 0 Å². The average molecular weight is 268 g/mol. The summed E-state index contributed by atoms with van der Waals surface area (Å²) < 4.78 is 0.837. The van der Waals surface area contributed by atoms with Crippen molar-refractivity contribution in [2.45, 2.75) is 15.9 Å². The number of rotatable bonds is 4. The molecule has 90 valence electrons. The van der Waals surface area contributed by atoms with E-state index in [4.69, 9.17) is 5.73 Å². The van der Waals surface area contributed by atoms with Gasteiger partial charge in [0.05, 0.1) is 5.69 Å². The summed E-state index contributed by atoms with van der Waals surface area (Å²) in [6.07, 6.45) is 3.28. The van der Waals surface area contributed by atoms with Crippen molar-refractivity contribution in [2.75, 3.05) is 19.0 Å². The van der Waals surface area contributed by atoms with E-state index in [1.807, 2.05) is 19.0 Å². The van der Waals surface area contributed by atoms with Crippen LogP contribution in [0.4, 0.5) is 5.13 Å². The predicted octanol–water partition coefficient (Wildman–Crippen LogP) is 1.00. The molecule has 8 heteroatoms. The zero-order chi connectivity index (χ0) is 12.3. The maximum Gasteiger partial charge on any atom is 0.208 e. The highest BCUT2D eigenvalue weighted by Crippen LogP contribution is 2.32. The number of anilines is 1. The summed E-state index contributed by atoms with van der Waals surface area (Å²) in [5, 5.41) is 9.81. The summed E-state index contributed by atoms with van der Waals surface area (Å²) in [5.41, 5.74) is 6.38. The SMILES string of the molecule is CN(C)c1nnc(Sc2nccnc2CN)s1. The monoisotopic (exact) mass is 268 g/mol. The minimum atomic E-state index is 0.371. The first-order valence-corrected chi connectivity index (χ1v) is 6.52. The molecule has 2 heterocycles. The van der Waals surface area contributed by atoms with Crippen molar-refractivity contribution in [2.24, 2.45) is 5.73 Å². The molecule has 0 unspecified atom stereocenters. The van der Waals surface area contributed by atoms with Crippen LogP contribution in [0.5, 0.6) is 0 Å². The topological polar surface area (TPSA) is 80.8 Å². The standard InChI is InChI=1S/C9H12N6S2/c1-15(2)8-13-14-9(17-8)16-7-6(5-10)11-3-4-12-7/h3-4H,5,10H2,1-2H3. The quantitative estimate of drug-likeness (QED) is 0.886. The van der Waals surface area contributed by atoms with Crippen LogP contribution in [-0.2, 0) is 6.54 Å². The van der Waals surface area contributed by atoms with Gasteiger partial charge in [-0.25, -0.2) is 4.98 Å². The molecule has 6 nitrogen and oxygen atoms in total. The fourth-order valence-electron chi connectivity index (χ4n) is 1.09. The molecule has 0 aliphatic rings. The summed E-state index contributed by atoms with van der Waals surface area (Å²) in [6, 6.07) is 0. The van der Waals surface area contributed by atoms with Crippen molar-refractivity contribution in [3.05, 3.63) is 18.1 Å². The molecule has 0 amide bonds. The molecular formula is C9H12N6S2. The molecule has 17 heavy (non-hydrogen) atoms. The Balaban J connectivity index is 2.19. The van der Waals surface area contributed by atoms with Gasteiger partial charge in [0, 0.05) is 33.0 Å². The Hall–Kier alpha value is -1.25. The highest BCUT2D eigenvalue weighted by atomic mass is 32.2. The summed E-state index contributed by atoms with van der Waals surface area (Å²) in [5.74, 6) is 0. The van der Waals surface area contributed by atoms with E-state index in [-0.39, 0.29) is 0 Å². The minimum absolute atomic E-state index is 0.371. The van der Waals surface area contributed by atoms with Crippen molar-refractivity contribution < 1.29 is 0 Å². The Morgan fingerprint density at radius 1 is 1.29 bits per heavy atom. The summed E-state index contributed by atoms with van der Waals surface area (Å²) in [7, 11) is 3.87. The summed E-state index contributed by atoms with van der Waals surface area (Å²) >= 11 is 2.95. The Kier molecular flexibility index (Phi) is 3.87. The molecule has 0 aromatic carbocycles. The Bertz CT molecular complexity index is 498. The van der Waals surface area contributed by atoms with E-state index >= 15 is 0 Å². The van der Waals surface area contributed by atoms with Crippen LogP contribution in [0.1, 0.15) is 5.69 Å². The second-order valence-electron chi connectivity index (χ2n) is 3.36. The Labute approximate surface area is 107 Å². The normalized spacial score (nSPS) is 10.5. The molecule has 0 aliphatic heterocycles. The number of aromatic nitrogens is 4. The molecule has 0 saturated heterocycles. The fraction of sp³-hybridized carbons (Fsp3) is 0.333. The Morgan fingerprint density at radius 2 is 2.06 bits per heavy atom. The van der Waals surface area contributed by atoms with Crippen LogP contribution in [0.2, 0.25) is 0 Å². The van der Waals surface area contributed by atoms with E-state index in [1.165, 1.54) is 23.1 Å². The molecule has 0 saturated carbocycles. The van der Waals surface area contributed by atoms with Gasteiger partial charge in [0.2, 0.25) is 5.13 Å². The van der Waals surface area contributed by atoms with Crippen LogP contribution in [-0.4, -0.2) is 34.3 Å². The highest BCUT2D eigenvalue weighted by molar-refractivity contribution is 8.01. The lowest BCUT2D eigenvalue weighted by Gasteiger charge is -2.04. The van der Waals surface area contributed by atoms with Gasteiger partial charge in [0.15, 0.2) is 4.34 Å². The van der Waals surface area contributed by atoms with Gasteiger partial charge in [-0.2, -0.15) is 0 Å². The molecule has 2 aromatic rings. The van der Waals surface area contributed by atoms with Crippen LogP contribution >= 0.6 is 23.1 Å². The van der Waals surface area contributed by atoms with Crippen LogP contribution < -0.4 is 10.6 Å². The molecule has 0 fully saturated rings. The minimum Gasteiger partial charge on any atom is -0.353 e. The van der Waals surface area contributed by atoms with Gasteiger partial charge in [0.1, 0.15) is 5.03 Å². The molecule has 0 spiro atoms. The maximum absolute atomic E-state index is 5.60. The smallest absolute Gasteiger partial charge is 0.208 e. The average Bonchev–Trinajstić information content (AvgIpc) is 2.78. The second kappa shape index (κ2) is 5.39. The molecule has 2 aromatic heterocycles. The molecule has 0 radical (unpaired) electrons. The van der Waals surface area contributed by atoms with Gasteiger partial charge in [-0.1, -0.05) is 11.3 Å². The van der Waals surface area contributed by atoms with Gasteiger partial charge in [-0.15, -0.1) is 10.2 Å². The van der Waals surface area contributed by atoms with Gasteiger partial charge in [-0.3, -0.25) is 4.98 Å². The van der Waals surface area contributed by atoms with Crippen molar-refractivity contribution in [1.82, 2.24) is 20.2 Å². The van der Waals surface area contributed by atoms with E-state index in [9.17, 15) is 0 Å². The first-order chi connectivity index (χ1) is 8.20. The lowest BCUT2D eigenvalue weighted by Crippen LogP contribution is -2.07. The van der Waals surface area contributed by atoms with E-state index < -0.39 is 0 Å².